The molecule has 2 N–H and O–H groups in total. The van der Waals surface area contributed by atoms with Crippen molar-refractivity contribution in [1.29, 1.82) is 0 Å². The zero-order valence-corrected chi connectivity index (χ0v) is 19.4. The number of hydrogen-bond donors (Lipinski definition) is 1. The molecular weight excluding hydrogens is 563 g/mol. The number of nitrogens with two attached hydrogens (primary N) is 1. The molecule has 154 valence electrons. The third-order valence-electron chi connectivity index (χ3n) is 3.38. The molecule has 0 aliphatic heterocycles. The van der Waals surface area contributed by atoms with Gasteiger partial charge in [-0.3, -0.25) is 0 Å². The van der Waals surface area contributed by atoms with E-state index in [2.05, 4.69) is 36.9 Å². The second kappa shape index (κ2) is 9.38. The fourth-order valence-corrected chi connectivity index (χ4v) is 3.03. The second-order valence-electron chi connectivity index (χ2n) is 5.72. The van der Waals surface area contributed by atoms with Crippen LogP contribution in [-0.4, -0.2) is 37.3 Å². The fraction of sp³-hybridized carbons (Fsp3) is 0.118. The summed E-state index contributed by atoms with van der Waals surface area (Å²) in [5.41, 5.74) is 3.65. The lowest BCUT2D eigenvalue weighted by atomic mass is 10.1. The van der Waals surface area contributed by atoms with Crippen LogP contribution in [0.5, 0.6) is 0 Å². The molecule has 6 nitrogen and oxygen atoms in total. The topological polar surface area (TPSA) is 85.0 Å². The Labute approximate surface area is 190 Å². The number of nitrogen functional groups attached to an aromatic ring is 1. The predicted octanol–water partition coefficient (Wildman–Crippen LogP) is 5.60. The summed E-state index contributed by atoms with van der Waals surface area (Å²) < 4.78 is 33.0. The van der Waals surface area contributed by atoms with E-state index >= 15 is 0 Å². The molecule has 0 unspecified atom stereocenters. The van der Waals surface area contributed by atoms with Crippen LogP contribution in [0.15, 0.2) is 26.1 Å². The summed E-state index contributed by atoms with van der Waals surface area (Å²) in [6, 6.07) is 2.10. The summed E-state index contributed by atoms with van der Waals surface area (Å²) in [6.45, 7) is 0. The Bertz CT molecular complexity index is 1050. The minimum atomic E-state index is -1.29. The Morgan fingerprint density at radius 3 is 2.10 bits per heavy atom. The molecule has 0 radical (unpaired) electrons. The number of ether oxygens (including phenoxy) is 1. The van der Waals surface area contributed by atoms with E-state index in [-0.39, 0.29) is 19.0 Å². The fourth-order valence-electron chi connectivity index (χ4n) is 2.01. The molecule has 0 atom stereocenters. The first-order chi connectivity index (χ1) is 13.5. The smallest absolute Gasteiger partial charge is 0.348 e. The average molecular weight is 574 g/mol. The number of carbonyl (C=O) groups is 2. The van der Waals surface area contributed by atoms with Crippen molar-refractivity contribution in [2.24, 2.45) is 4.99 Å². The Hall–Kier alpha value is -1.75. The molecule has 29 heavy (non-hydrogen) atoms. The lowest BCUT2D eigenvalue weighted by Gasteiger charge is -2.12. The number of rotatable bonds is 4. The van der Waals surface area contributed by atoms with Gasteiger partial charge in [-0.2, -0.15) is 0 Å². The standard InChI is InChI=1S/C17H11Br2Cl2F2N3O3/c1-26(2)5-25-15-7(4-9(21)11(19)13(15)23)17(28)29-16(27)6-3-8(20)10(18)12(22)14(6)24/h3-5H,24H2,1-2H3. The zero-order chi connectivity index (χ0) is 22.0. The molecule has 2 rings (SSSR count). The van der Waals surface area contributed by atoms with Gasteiger partial charge in [-0.25, -0.2) is 23.4 Å². The van der Waals surface area contributed by atoms with Gasteiger partial charge in [-0.1, -0.05) is 23.2 Å². The molecule has 0 fully saturated rings. The lowest BCUT2D eigenvalue weighted by Crippen LogP contribution is -2.16. The molecule has 0 amide bonds. The van der Waals surface area contributed by atoms with Crippen molar-refractivity contribution < 1.29 is 23.1 Å². The number of carbonyl (C=O) groups excluding carboxylic acids is 2. The number of anilines is 1. The van der Waals surface area contributed by atoms with Crippen molar-refractivity contribution >= 4 is 84.7 Å². The van der Waals surface area contributed by atoms with E-state index in [1.54, 1.807) is 14.1 Å². The first-order valence-electron chi connectivity index (χ1n) is 7.53. The molecule has 0 saturated heterocycles. The van der Waals surface area contributed by atoms with E-state index in [1.807, 2.05) is 0 Å². The number of benzene rings is 2. The van der Waals surface area contributed by atoms with Gasteiger partial charge in [0.05, 0.1) is 42.1 Å². The highest BCUT2D eigenvalue weighted by Crippen LogP contribution is 2.36. The van der Waals surface area contributed by atoms with Gasteiger partial charge in [0, 0.05) is 14.1 Å². The highest BCUT2D eigenvalue weighted by molar-refractivity contribution is 9.10. The van der Waals surface area contributed by atoms with Gasteiger partial charge >= 0.3 is 11.9 Å². The van der Waals surface area contributed by atoms with Crippen molar-refractivity contribution in [2.75, 3.05) is 19.8 Å². The van der Waals surface area contributed by atoms with Crippen molar-refractivity contribution in [3.8, 4) is 0 Å². The van der Waals surface area contributed by atoms with Gasteiger partial charge in [-0.05, 0) is 44.0 Å². The predicted molar refractivity (Wildman–Crippen MR) is 114 cm³/mol. The van der Waals surface area contributed by atoms with E-state index in [1.165, 1.54) is 11.2 Å². The van der Waals surface area contributed by atoms with Gasteiger partial charge in [0.1, 0.15) is 5.69 Å². The van der Waals surface area contributed by atoms with Crippen LogP contribution in [0.25, 0.3) is 0 Å². The summed E-state index contributed by atoms with van der Waals surface area (Å²) in [5.74, 6) is -4.49. The van der Waals surface area contributed by atoms with Gasteiger partial charge in [0.25, 0.3) is 0 Å². The summed E-state index contributed by atoms with van der Waals surface area (Å²) >= 11 is 17.5. The normalized spacial score (nSPS) is 11.0. The van der Waals surface area contributed by atoms with Crippen LogP contribution >= 0.6 is 55.1 Å². The first-order valence-corrected chi connectivity index (χ1v) is 9.87. The van der Waals surface area contributed by atoms with Gasteiger partial charge in [0.2, 0.25) is 0 Å². The minimum absolute atomic E-state index is 0.126. The van der Waals surface area contributed by atoms with Crippen molar-refractivity contribution in [3.05, 3.63) is 53.9 Å². The van der Waals surface area contributed by atoms with Crippen molar-refractivity contribution in [3.63, 3.8) is 0 Å². The molecule has 0 spiro atoms. The highest BCUT2D eigenvalue weighted by atomic mass is 79.9. The van der Waals surface area contributed by atoms with E-state index in [0.29, 0.717) is 0 Å². The largest absolute Gasteiger partial charge is 0.396 e. The molecule has 0 aromatic heterocycles. The maximum absolute atomic E-state index is 14.6. The minimum Gasteiger partial charge on any atom is -0.396 e. The summed E-state index contributed by atoms with van der Waals surface area (Å²) in [5, 5.41) is -0.312. The van der Waals surface area contributed by atoms with E-state index in [4.69, 9.17) is 33.7 Å². The SMILES string of the molecule is CN(C)C=Nc1c(C(=O)OC(=O)c2cc(Cl)c(Br)c(F)c2N)cc(Cl)c(Br)c1F. The van der Waals surface area contributed by atoms with Crippen LogP contribution in [0.2, 0.25) is 10.0 Å². The summed E-state index contributed by atoms with van der Waals surface area (Å²) in [7, 11) is 3.25. The number of halogens is 6. The van der Waals surface area contributed by atoms with E-state index < -0.39 is 46.1 Å². The monoisotopic (exact) mass is 571 g/mol. The molecule has 0 aliphatic rings. The third-order valence-corrected chi connectivity index (χ3v) is 5.98. The maximum Gasteiger partial charge on any atom is 0.348 e. The lowest BCUT2D eigenvalue weighted by molar-refractivity contribution is 0.0398. The first kappa shape index (κ1) is 23.5. The number of aliphatic imine (C=N–C) groups is 1. The zero-order valence-electron chi connectivity index (χ0n) is 14.7. The second-order valence-corrected chi connectivity index (χ2v) is 8.12. The third kappa shape index (κ3) is 5.06. The van der Waals surface area contributed by atoms with Gasteiger partial charge in [0.15, 0.2) is 11.6 Å². The highest BCUT2D eigenvalue weighted by Gasteiger charge is 2.26. The van der Waals surface area contributed by atoms with Crippen molar-refractivity contribution in [2.45, 2.75) is 0 Å². The number of esters is 2. The molecule has 0 aliphatic carbocycles. The van der Waals surface area contributed by atoms with Crippen LogP contribution in [0.3, 0.4) is 0 Å². The molecular formula is C17H11Br2Cl2F2N3O3. The quantitative estimate of drug-likeness (QED) is 0.129. The van der Waals surface area contributed by atoms with Crippen LogP contribution in [-0.2, 0) is 4.74 Å². The molecule has 0 heterocycles. The Morgan fingerprint density at radius 1 is 1.07 bits per heavy atom. The van der Waals surface area contributed by atoms with Crippen LogP contribution < -0.4 is 5.73 Å². The van der Waals surface area contributed by atoms with Crippen LogP contribution in [0.1, 0.15) is 20.7 Å². The van der Waals surface area contributed by atoms with Crippen LogP contribution in [0.4, 0.5) is 20.2 Å². The summed E-state index contributed by atoms with van der Waals surface area (Å²) in [6.07, 6.45) is 1.24. The Kier molecular flexibility index (Phi) is 7.61. The van der Waals surface area contributed by atoms with E-state index in [0.717, 1.165) is 12.1 Å². The molecule has 12 heteroatoms. The molecule has 2 aromatic carbocycles. The van der Waals surface area contributed by atoms with Gasteiger partial charge < -0.3 is 15.4 Å². The molecule has 2 aromatic rings. The van der Waals surface area contributed by atoms with Crippen LogP contribution in [0, 0.1) is 11.6 Å². The van der Waals surface area contributed by atoms with Gasteiger partial charge in [-0.15, -0.1) is 0 Å². The number of hydrogen-bond acceptors (Lipinski definition) is 5. The average Bonchev–Trinajstić information content (AvgIpc) is 2.65. The number of nitrogens with zero attached hydrogens (tertiary/aromatic N) is 2. The maximum atomic E-state index is 14.6. The molecule has 0 saturated carbocycles. The Morgan fingerprint density at radius 2 is 1.55 bits per heavy atom. The Balaban J connectivity index is 2.47. The molecule has 0 bridgehead atoms. The van der Waals surface area contributed by atoms with Crippen molar-refractivity contribution in [1.82, 2.24) is 4.90 Å². The summed E-state index contributed by atoms with van der Waals surface area (Å²) in [4.78, 5) is 30.2. The van der Waals surface area contributed by atoms with E-state index in [9.17, 15) is 18.4 Å².